The molecule has 0 spiro atoms. The summed E-state index contributed by atoms with van der Waals surface area (Å²) in [6.07, 6.45) is 1.57. The Kier molecular flexibility index (Phi) is 3.47. The van der Waals surface area contributed by atoms with Gasteiger partial charge in [0.2, 0.25) is 5.91 Å². The molecule has 0 aromatic carbocycles. The Morgan fingerprint density at radius 3 is 3.00 bits per heavy atom. The summed E-state index contributed by atoms with van der Waals surface area (Å²) in [7, 11) is 2.00. The molecule has 2 heterocycles. The third kappa shape index (κ3) is 2.72. The number of likely N-dealkylation sites (N-methyl/N-ethyl adjacent to an activating group) is 1. The molecule has 0 bridgehead atoms. The van der Waals surface area contributed by atoms with Gasteiger partial charge in [-0.2, -0.15) is 0 Å². The number of nitrogens with zero attached hydrogens (tertiary/aromatic N) is 2. The standard InChI is InChI=1S/C11H21N3O2/c1-13-6-4-12-7-11(16,8-13)9-14-5-2-3-10(14)15/h12,16H,2-9H2,1H3/t11-/m0/s1. The molecule has 92 valence electrons. The van der Waals surface area contributed by atoms with Gasteiger partial charge in [-0.05, 0) is 13.5 Å². The molecule has 0 aromatic rings. The Morgan fingerprint density at radius 2 is 2.31 bits per heavy atom. The van der Waals surface area contributed by atoms with E-state index in [0.717, 1.165) is 26.1 Å². The van der Waals surface area contributed by atoms with Gasteiger partial charge in [-0.25, -0.2) is 0 Å². The molecular formula is C11H21N3O2. The van der Waals surface area contributed by atoms with Gasteiger partial charge in [0.25, 0.3) is 0 Å². The zero-order valence-electron chi connectivity index (χ0n) is 9.91. The third-order valence-corrected chi connectivity index (χ3v) is 3.35. The van der Waals surface area contributed by atoms with Gasteiger partial charge in [0.1, 0.15) is 5.60 Å². The van der Waals surface area contributed by atoms with Crippen LogP contribution in [0.25, 0.3) is 0 Å². The van der Waals surface area contributed by atoms with Crippen molar-refractivity contribution in [3.8, 4) is 0 Å². The van der Waals surface area contributed by atoms with Crippen molar-refractivity contribution in [1.82, 2.24) is 15.1 Å². The minimum atomic E-state index is -0.800. The Balaban J connectivity index is 1.97. The average molecular weight is 227 g/mol. The SMILES string of the molecule is CN1CCNC[C@@](O)(CN2CCCC2=O)C1. The molecule has 2 rings (SSSR count). The zero-order valence-corrected chi connectivity index (χ0v) is 9.91. The lowest BCUT2D eigenvalue weighted by molar-refractivity contribution is -0.131. The molecule has 0 unspecified atom stereocenters. The highest BCUT2D eigenvalue weighted by Crippen LogP contribution is 2.16. The maximum absolute atomic E-state index is 11.5. The number of rotatable bonds is 2. The van der Waals surface area contributed by atoms with E-state index in [1.54, 1.807) is 4.90 Å². The van der Waals surface area contributed by atoms with Crippen LogP contribution in [0, 0.1) is 0 Å². The number of carbonyl (C=O) groups is 1. The molecule has 1 atom stereocenters. The van der Waals surface area contributed by atoms with Gasteiger partial charge in [0, 0.05) is 39.1 Å². The van der Waals surface area contributed by atoms with E-state index >= 15 is 0 Å². The minimum absolute atomic E-state index is 0.181. The molecule has 2 N–H and O–H groups in total. The number of nitrogens with one attached hydrogen (secondary N) is 1. The molecule has 2 fully saturated rings. The molecule has 0 radical (unpaired) electrons. The van der Waals surface area contributed by atoms with E-state index in [1.807, 2.05) is 7.05 Å². The summed E-state index contributed by atoms with van der Waals surface area (Å²) in [6.45, 7) is 4.29. The van der Waals surface area contributed by atoms with Crippen LogP contribution in [0.15, 0.2) is 0 Å². The van der Waals surface area contributed by atoms with Gasteiger partial charge in [-0.15, -0.1) is 0 Å². The van der Waals surface area contributed by atoms with Crippen molar-refractivity contribution in [3.05, 3.63) is 0 Å². The van der Waals surface area contributed by atoms with E-state index in [9.17, 15) is 9.90 Å². The van der Waals surface area contributed by atoms with Crippen LogP contribution in [0.5, 0.6) is 0 Å². The number of amides is 1. The topological polar surface area (TPSA) is 55.8 Å². The molecule has 2 saturated heterocycles. The Morgan fingerprint density at radius 1 is 1.50 bits per heavy atom. The highest BCUT2D eigenvalue weighted by Gasteiger charge is 2.35. The van der Waals surface area contributed by atoms with Gasteiger partial charge in [-0.1, -0.05) is 0 Å². The number of likely N-dealkylation sites (tertiary alicyclic amines) is 1. The van der Waals surface area contributed by atoms with Gasteiger partial charge in [0.15, 0.2) is 0 Å². The fraction of sp³-hybridized carbons (Fsp3) is 0.909. The number of hydrogen-bond donors (Lipinski definition) is 2. The van der Waals surface area contributed by atoms with Crippen molar-refractivity contribution in [2.75, 3.05) is 46.3 Å². The summed E-state index contributed by atoms with van der Waals surface area (Å²) in [5.74, 6) is 0.181. The molecule has 0 aromatic heterocycles. The molecule has 2 aliphatic heterocycles. The lowest BCUT2D eigenvalue weighted by Gasteiger charge is -2.33. The lowest BCUT2D eigenvalue weighted by Crippen LogP contribution is -2.53. The molecule has 2 aliphatic rings. The van der Waals surface area contributed by atoms with Crippen LogP contribution in [0.3, 0.4) is 0 Å². The summed E-state index contributed by atoms with van der Waals surface area (Å²) < 4.78 is 0. The molecular weight excluding hydrogens is 206 g/mol. The Labute approximate surface area is 96.4 Å². The van der Waals surface area contributed by atoms with E-state index in [-0.39, 0.29) is 5.91 Å². The predicted octanol–water partition coefficient (Wildman–Crippen LogP) is -1.13. The Hall–Kier alpha value is -0.650. The molecule has 5 heteroatoms. The molecule has 5 nitrogen and oxygen atoms in total. The molecule has 1 amide bonds. The smallest absolute Gasteiger partial charge is 0.222 e. The van der Waals surface area contributed by atoms with E-state index in [1.165, 1.54) is 0 Å². The minimum Gasteiger partial charge on any atom is -0.385 e. The van der Waals surface area contributed by atoms with Crippen LogP contribution in [0.1, 0.15) is 12.8 Å². The first-order valence-electron chi connectivity index (χ1n) is 5.98. The van der Waals surface area contributed by atoms with E-state index in [4.69, 9.17) is 0 Å². The number of β-amino-alcohol motifs (C(OH)–C–C–N with tert-alkyl or cyclic N) is 1. The molecule has 0 saturated carbocycles. The summed E-state index contributed by atoms with van der Waals surface area (Å²) >= 11 is 0. The van der Waals surface area contributed by atoms with Crippen LogP contribution >= 0.6 is 0 Å². The summed E-state index contributed by atoms with van der Waals surface area (Å²) in [4.78, 5) is 15.4. The van der Waals surface area contributed by atoms with E-state index in [0.29, 0.717) is 26.1 Å². The van der Waals surface area contributed by atoms with Gasteiger partial charge >= 0.3 is 0 Å². The second-order valence-electron chi connectivity index (χ2n) is 5.06. The Bertz CT molecular complexity index is 272. The van der Waals surface area contributed by atoms with E-state index < -0.39 is 5.60 Å². The first-order valence-corrected chi connectivity index (χ1v) is 5.98. The summed E-state index contributed by atoms with van der Waals surface area (Å²) in [5, 5.41) is 13.7. The first kappa shape index (κ1) is 11.8. The average Bonchev–Trinajstić information content (AvgIpc) is 2.50. The second kappa shape index (κ2) is 4.69. The lowest BCUT2D eigenvalue weighted by atomic mass is 10.0. The summed E-state index contributed by atoms with van der Waals surface area (Å²) in [6, 6.07) is 0. The van der Waals surface area contributed by atoms with Crippen molar-refractivity contribution >= 4 is 5.91 Å². The van der Waals surface area contributed by atoms with Gasteiger partial charge in [-0.3, -0.25) is 4.79 Å². The first-order chi connectivity index (χ1) is 7.59. The molecule has 0 aliphatic carbocycles. The van der Waals surface area contributed by atoms with Crippen LogP contribution < -0.4 is 5.32 Å². The number of hydrogen-bond acceptors (Lipinski definition) is 4. The largest absolute Gasteiger partial charge is 0.385 e. The van der Waals surface area contributed by atoms with Crippen molar-refractivity contribution < 1.29 is 9.90 Å². The van der Waals surface area contributed by atoms with Crippen LogP contribution in [-0.4, -0.2) is 72.7 Å². The quantitative estimate of drug-likeness (QED) is 0.627. The summed E-state index contributed by atoms with van der Waals surface area (Å²) in [5.41, 5.74) is -0.800. The predicted molar refractivity (Wildman–Crippen MR) is 61.1 cm³/mol. The maximum Gasteiger partial charge on any atom is 0.222 e. The number of carbonyl (C=O) groups excluding carboxylic acids is 1. The second-order valence-corrected chi connectivity index (χ2v) is 5.06. The van der Waals surface area contributed by atoms with Crippen molar-refractivity contribution in [2.24, 2.45) is 0 Å². The molecule has 16 heavy (non-hydrogen) atoms. The number of aliphatic hydroxyl groups is 1. The van der Waals surface area contributed by atoms with Crippen LogP contribution in [0.2, 0.25) is 0 Å². The zero-order chi connectivity index (χ0) is 11.6. The monoisotopic (exact) mass is 227 g/mol. The highest BCUT2D eigenvalue weighted by molar-refractivity contribution is 5.78. The van der Waals surface area contributed by atoms with Crippen molar-refractivity contribution in [1.29, 1.82) is 0 Å². The third-order valence-electron chi connectivity index (χ3n) is 3.35. The fourth-order valence-corrected chi connectivity index (χ4v) is 2.56. The maximum atomic E-state index is 11.5. The van der Waals surface area contributed by atoms with Crippen LogP contribution in [-0.2, 0) is 4.79 Å². The fourth-order valence-electron chi connectivity index (χ4n) is 2.56. The van der Waals surface area contributed by atoms with Crippen molar-refractivity contribution in [2.45, 2.75) is 18.4 Å². The van der Waals surface area contributed by atoms with Gasteiger partial charge in [0.05, 0.1) is 6.54 Å². The van der Waals surface area contributed by atoms with Gasteiger partial charge < -0.3 is 20.2 Å². The normalized spacial score (nSPS) is 33.1. The van der Waals surface area contributed by atoms with Crippen LogP contribution in [0.4, 0.5) is 0 Å². The highest BCUT2D eigenvalue weighted by atomic mass is 16.3. The van der Waals surface area contributed by atoms with Crippen molar-refractivity contribution in [3.63, 3.8) is 0 Å². The van der Waals surface area contributed by atoms with E-state index in [2.05, 4.69) is 10.2 Å².